The third-order valence-corrected chi connectivity index (χ3v) is 5.29. The maximum absolute atomic E-state index is 12.1. The molecule has 0 aromatic carbocycles. The van der Waals surface area contributed by atoms with Gasteiger partial charge in [-0.3, -0.25) is 4.79 Å². The Kier molecular flexibility index (Phi) is 4.74. The number of carbonyl (C=O) groups is 1. The summed E-state index contributed by atoms with van der Waals surface area (Å²) < 4.78 is 4.17. The second-order valence-corrected chi connectivity index (χ2v) is 6.66. The number of thiophene rings is 1. The van der Waals surface area contributed by atoms with Crippen molar-refractivity contribution in [3.05, 3.63) is 32.6 Å². The van der Waals surface area contributed by atoms with E-state index in [1.807, 2.05) is 26.8 Å². The molecule has 0 saturated carbocycles. The third kappa shape index (κ3) is 3.30. The molecule has 0 aliphatic carbocycles. The minimum absolute atomic E-state index is 0.193. The van der Waals surface area contributed by atoms with E-state index >= 15 is 0 Å². The van der Waals surface area contributed by atoms with Gasteiger partial charge >= 0.3 is 0 Å². The van der Waals surface area contributed by atoms with E-state index in [1.54, 1.807) is 0 Å². The highest BCUT2D eigenvalue weighted by Crippen LogP contribution is 2.23. The molecule has 0 radical (unpaired) electrons. The number of aryl methyl sites for hydroxylation is 3. The average molecular weight is 322 g/mol. The maximum Gasteiger partial charge on any atom is 0.281 e. The highest BCUT2D eigenvalue weighted by Gasteiger charge is 2.13. The van der Waals surface area contributed by atoms with Crippen LogP contribution in [0.5, 0.6) is 0 Å². The number of rotatable bonds is 4. The molecule has 0 spiro atoms. The molecule has 1 amide bonds. The Labute approximate surface area is 132 Å². The monoisotopic (exact) mass is 322 g/mol. The van der Waals surface area contributed by atoms with Crippen LogP contribution in [0.15, 0.2) is 11.2 Å². The predicted octanol–water partition coefficient (Wildman–Crippen LogP) is 3.12. The molecule has 0 bridgehead atoms. The van der Waals surface area contributed by atoms with Gasteiger partial charge in [0.2, 0.25) is 0 Å². The van der Waals surface area contributed by atoms with Crippen LogP contribution >= 0.6 is 22.9 Å². The number of hydrogen-bond donors (Lipinski definition) is 2. The lowest BCUT2D eigenvalue weighted by molar-refractivity contribution is 0.0959. The van der Waals surface area contributed by atoms with Crippen LogP contribution in [0.4, 0.5) is 5.00 Å². The van der Waals surface area contributed by atoms with E-state index in [9.17, 15) is 4.79 Å². The molecule has 2 aromatic rings. The number of nitrogens with one attached hydrogen (secondary N) is 1. The number of nitrogens with two attached hydrogens (primary N) is 1. The topological polar surface area (TPSA) is 80.4 Å². The zero-order chi connectivity index (χ0) is 15.6. The first-order valence-corrected chi connectivity index (χ1v) is 8.19. The van der Waals surface area contributed by atoms with Crippen molar-refractivity contribution in [3.8, 4) is 0 Å². The maximum atomic E-state index is 12.1. The second kappa shape index (κ2) is 6.36. The summed E-state index contributed by atoms with van der Waals surface area (Å²) in [4.78, 5) is 14.0. The van der Waals surface area contributed by atoms with E-state index in [1.165, 1.54) is 27.7 Å². The number of carbonyl (C=O) groups excluding carboxylic acids is 1. The van der Waals surface area contributed by atoms with Crippen LogP contribution in [0.25, 0.3) is 0 Å². The first-order valence-electron chi connectivity index (χ1n) is 6.60. The molecule has 21 heavy (non-hydrogen) atoms. The van der Waals surface area contributed by atoms with Gasteiger partial charge in [0.25, 0.3) is 5.91 Å². The molecule has 0 unspecified atom stereocenters. The molecule has 2 aromatic heterocycles. The van der Waals surface area contributed by atoms with Crippen LogP contribution in [0.2, 0.25) is 0 Å². The summed E-state index contributed by atoms with van der Waals surface area (Å²) in [5, 5.41) is 4.75. The second-order valence-electron chi connectivity index (χ2n) is 4.72. The highest BCUT2D eigenvalue weighted by molar-refractivity contribution is 7.14. The van der Waals surface area contributed by atoms with Crippen molar-refractivity contribution in [2.75, 3.05) is 5.73 Å². The van der Waals surface area contributed by atoms with E-state index in [0.717, 1.165) is 23.2 Å². The summed E-state index contributed by atoms with van der Waals surface area (Å²) in [6.45, 7) is 7.78. The first-order chi connectivity index (χ1) is 9.93. The van der Waals surface area contributed by atoms with Gasteiger partial charge in [0.15, 0.2) is 0 Å². The molecule has 0 atom stereocenters. The number of nitrogen functional groups attached to an aromatic ring is 1. The number of hydrazone groups is 1. The molecule has 0 aliphatic heterocycles. The van der Waals surface area contributed by atoms with Gasteiger partial charge in [0.05, 0.1) is 21.8 Å². The molecule has 7 heteroatoms. The molecule has 0 fully saturated rings. The van der Waals surface area contributed by atoms with Gasteiger partial charge < -0.3 is 5.73 Å². The Bertz CT molecular complexity index is 680. The number of amides is 1. The van der Waals surface area contributed by atoms with Gasteiger partial charge in [-0.2, -0.15) is 9.47 Å². The lowest BCUT2D eigenvalue weighted by Crippen LogP contribution is -2.18. The SMILES string of the molecule is CCc1sc(C(=O)N/N=C(/C)c2c(C)nsc2N)cc1C. The number of anilines is 1. The lowest BCUT2D eigenvalue weighted by Gasteiger charge is -2.01. The van der Waals surface area contributed by atoms with E-state index in [-0.39, 0.29) is 5.91 Å². The zero-order valence-electron chi connectivity index (χ0n) is 12.5. The normalized spacial score (nSPS) is 11.7. The molecule has 5 nitrogen and oxygen atoms in total. The van der Waals surface area contributed by atoms with Gasteiger partial charge in [0, 0.05) is 4.88 Å². The van der Waals surface area contributed by atoms with Crippen molar-refractivity contribution in [2.24, 2.45) is 5.10 Å². The van der Waals surface area contributed by atoms with Gasteiger partial charge in [-0.15, -0.1) is 11.3 Å². The molecule has 3 N–H and O–H groups in total. The van der Waals surface area contributed by atoms with Crippen molar-refractivity contribution in [1.82, 2.24) is 9.80 Å². The Morgan fingerprint density at radius 2 is 2.19 bits per heavy atom. The highest BCUT2D eigenvalue weighted by atomic mass is 32.1. The number of nitrogens with zero attached hydrogens (tertiary/aromatic N) is 2. The van der Waals surface area contributed by atoms with Crippen molar-refractivity contribution in [1.29, 1.82) is 0 Å². The van der Waals surface area contributed by atoms with Crippen LogP contribution in [0.3, 0.4) is 0 Å². The standard InChI is InChI=1S/C14H18N4OS2/c1-5-10-7(2)6-11(20-10)14(19)17-16-8(3)12-9(4)18-21-13(12)15/h6H,5,15H2,1-4H3,(H,17,19)/b16-8-. The largest absolute Gasteiger partial charge is 0.389 e. The van der Waals surface area contributed by atoms with E-state index in [2.05, 4.69) is 21.8 Å². The smallest absolute Gasteiger partial charge is 0.281 e. The Hall–Kier alpha value is -1.73. The van der Waals surface area contributed by atoms with Crippen molar-refractivity contribution in [2.45, 2.75) is 34.1 Å². The van der Waals surface area contributed by atoms with E-state index in [0.29, 0.717) is 15.6 Å². The first kappa shape index (κ1) is 15.7. The molecule has 0 saturated heterocycles. The Morgan fingerprint density at radius 3 is 2.71 bits per heavy atom. The fraction of sp³-hybridized carbons (Fsp3) is 0.357. The minimum atomic E-state index is -0.193. The lowest BCUT2D eigenvalue weighted by atomic mass is 10.2. The van der Waals surface area contributed by atoms with Crippen LogP contribution in [-0.4, -0.2) is 16.0 Å². The zero-order valence-corrected chi connectivity index (χ0v) is 14.1. The summed E-state index contributed by atoms with van der Waals surface area (Å²) in [5.74, 6) is -0.193. The van der Waals surface area contributed by atoms with Crippen molar-refractivity contribution in [3.63, 3.8) is 0 Å². The van der Waals surface area contributed by atoms with E-state index < -0.39 is 0 Å². The van der Waals surface area contributed by atoms with Gasteiger partial charge in [-0.1, -0.05) is 6.92 Å². The third-order valence-electron chi connectivity index (χ3n) is 3.14. The molecule has 0 aliphatic rings. The van der Waals surface area contributed by atoms with Crippen LogP contribution in [0.1, 0.15) is 45.2 Å². The van der Waals surface area contributed by atoms with Gasteiger partial charge in [-0.05, 0) is 50.4 Å². The summed E-state index contributed by atoms with van der Waals surface area (Å²) in [6, 6.07) is 1.90. The summed E-state index contributed by atoms with van der Waals surface area (Å²) in [6.07, 6.45) is 0.933. The molecular weight excluding hydrogens is 304 g/mol. The summed E-state index contributed by atoms with van der Waals surface area (Å²) in [7, 11) is 0. The fourth-order valence-corrected chi connectivity index (χ4v) is 3.77. The Morgan fingerprint density at radius 1 is 1.48 bits per heavy atom. The van der Waals surface area contributed by atoms with Crippen LogP contribution < -0.4 is 11.2 Å². The van der Waals surface area contributed by atoms with Crippen molar-refractivity contribution >= 4 is 39.5 Å². The molecule has 2 heterocycles. The number of aromatic nitrogens is 1. The molecule has 2 rings (SSSR count). The quantitative estimate of drug-likeness (QED) is 0.670. The van der Waals surface area contributed by atoms with Gasteiger partial charge in [0.1, 0.15) is 5.00 Å². The number of hydrogen-bond acceptors (Lipinski definition) is 6. The van der Waals surface area contributed by atoms with E-state index in [4.69, 9.17) is 5.73 Å². The molecule has 112 valence electrons. The fourth-order valence-electron chi connectivity index (χ4n) is 2.06. The summed E-state index contributed by atoms with van der Waals surface area (Å²) in [5.41, 5.74) is 11.9. The predicted molar refractivity (Wildman–Crippen MR) is 89.4 cm³/mol. The van der Waals surface area contributed by atoms with Crippen molar-refractivity contribution < 1.29 is 4.79 Å². The summed E-state index contributed by atoms with van der Waals surface area (Å²) >= 11 is 2.74. The Balaban J connectivity index is 2.14. The van der Waals surface area contributed by atoms with Gasteiger partial charge in [-0.25, -0.2) is 5.43 Å². The van der Waals surface area contributed by atoms with Crippen LogP contribution in [-0.2, 0) is 6.42 Å². The van der Waals surface area contributed by atoms with Crippen LogP contribution in [0, 0.1) is 13.8 Å². The average Bonchev–Trinajstić information content (AvgIpc) is 2.98. The molecular formula is C14H18N4OS2. The minimum Gasteiger partial charge on any atom is -0.389 e.